The smallest absolute Gasteiger partial charge is 0.261 e. The molecule has 0 spiro atoms. The Balaban J connectivity index is 2.63. The van der Waals surface area contributed by atoms with E-state index in [1.807, 2.05) is 24.3 Å². The molecule has 1 heterocycles. The number of benzene rings is 1. The van der Waals surface area contributed by atoms with Crippen LogP contribution in [0.1, 0.15) is 11.4 Å². The Morgan fingerprint density at radius 1 is 0.895 bits per heavy atom. The summed E-state index contributed by atoms with van der Waals surface area (Å²) >= 11 is 0. The molecule has 0 atom stereocenters. The van der Waals surface area contributed by atoms with Gasteiger partial charge in [-0.15, -0.1) is 0 Å². The molecule has 2 rings (SSSR count). The number of hydrogen-bond acceptors (Lipinski definition) is 5. The highest BCUT2D eigenvalue weighted by atomic mass is 16.7. The molecular formula is C14H16N2O3. The average Bonchev–Trinajstić information content (AvgIpc) is 2.51. The highest BCUT2D eigenvalue weighted by Gasteiger charge is 2.40. The molecule has 1 aromatic heterocycles. The number of hydrogen-bond donors (Lipinski definition) is 0. The summed E-state index contributed by atoms with van der Waals surface area (Å²) in [5.41, 5.74) is 0.716. The summed E-state index contributed by atoms with van der Waals surface area (Å²) < 4.78 is 16.5. The normalized spacial score (nSPS) is 11.3. The molecular weight excluding hydrogens is 244 g/mol. The second kappa shape index (κ2) is 5.77. The van der Waals surface area contributed by atoms with E-state index in [0.29, 0.717) is 17.1 Å². The molecule has 2 aromatic rings. The number of aromatic nitrogens is 2. The molecule has 0 aliphatic carbocycles. The molecule has 0 amide bonds. The van der Waals surface area contributed by atoms with Gasteiger partial charge >= 0.3 is 0 Å². The zero-order valence-corrected chi connectivity index (χ0v) is 11.2. The van der Waals surface area contributed by atoms with Gasteiger partial charge in [-0.3, -0.25) is 0 Å². The van der Waals surface area contributed by atoms with Gasteiger partial charge in [0, 0.05) is 26.6 Å². The van der Waals surface area contributed by atoms with E-state index in [9.17, 15) is 0 Å². The first-order valence-corrected chi connectivity index (χ1v) is 5.79. The molecule has 0 bridgehead atoms. The average molecular weight is 260 g/mol. The third-order valence-electron chi connectivity index (χ3n) is 2.90. The van der Waals surface area contributed by atoms with Gasteiger partial charge in [0.15, 0.2) is 5.82 Å². The number of methoxy groups -OCH3 is 3. The van der Waals surface area contributed by atoms with Crippen LogP contribution < -0.4 is 4.74 Å². The van der Waals surface area contributed by atoms with E-state index in [0.717, 1.165) is 0 Å². The molecule has 0 unspecified atom stereocenters. The lowest BCUT2D eigenvalue weighted by molar-refractivity contribution is -0.190. The van der Waals surface area contributed by atoms with E-state index in [2.05, 4.69) is 9.97 Å². The van der Waals surface area contributed by atoms with E-state index in [1.54, 1.807) is 39.8 Å². The van der Waals surface area contributed by atoms with Crippen molar-refractivity contribution in [1.29, 1.82) is 0 Å². The van der Waals surface area contributed by atoms with Crippen LogP contribution in [0.5, 0.6) is 5.75 Å². The number of nitrogens with zero attached hydrogens (tertiary/aromatic N) is 2. The van der Waals surface area contributed by atoms with Crippen molar-refractivity contribution in [3.8, 4) is 5.75 Å². The van der Waals surface area contributed by atoms with E-state index in [-0.39, 0.29) is 0 Å². The van der Waals surface area contributed by atoms with E-state index in [1.165, 1.54) is 0 Å². The topological polar surface area (TPSA) is 53.5 Å². The van der Waals surface area contributed by atoms with Crippen molar-refractivity contribution in [2.45, 2.75) is 5.79 Å². The van der Waals surface area contributed by atoms with Crippen LogP contribution in [0.3, 0.4) is 0 Å². The molecule has 0 aliphatic heterocycles. The minimum atomic E-state index is -1.19. The van der Waals surface area contributed by atoms with Crippen molar-refractivity contribution in [3.05, 3.63) is 54.1 Å². The lowest BCUT2D eigenvalue weighted by Crippen LogP contribution is -2.34. The predicted molar refractivity (Wildman–Crippen MR) is 69.8 cm³/mol. The summed E-state index contributed by atoms with van der Waals surface area (Å²) in [6, 6.07) is 9.20. The quantitative estimate of drug-likeness (QED) is 0.769. The van der Waals surface area contributed by atoms with Crippen LogP contribution in [0.15, 0.2) is 42.7 Å². The van der Waals surface area contributed by atoms with Crippen molar-refractivity contribution in [3.63, 3.8) is 0 Å². The lowest BCUT2D eigenvalue weighted by Gasteiger charge is -2.30. The third kappa shape index (κ3) is 2.30. The first-order chi connectivity index (χ1) is 9.28. The maximum absolute atomic E-state index is 5.57. The standard InChI is InChI=1S/C14H16N2O3/c1-17-12-8-5-4-7-11(12)14(18-2,19-3)13-15-9-6-10-16-13/h4-10H,1-3H3. The Morgan fingerprint density at radius 2 is 1.53 bits per heavy atom. The molecule has 0 aliphatic rings. The maximum atomic E-state index is 5.57. The molecule has 0 N–H and O–H groups in total. The van der Waals surface area contributed by atoms with Gasteiger partial charge < -0.3 is 14.2 Å². The van der Waals surface area contributed by atoms with E-state index < -0.39 is 5.79 Å². The van der Waals surface area contributed by atoms with Gasteiger partial charge in [0.2, 0.25) is 0 Å². The molecule has 19 heavy (non-hydrogen) atoms. The van der Waals surface area contributed by atoms with Gasteiger partial charge in [0.25, 0.3) is 5.79 Å². The Kier molecular flexibility index (Phi) is 4.09. The first-order valence-electron chi connectivity index (χ1n) is 5.79. The van der Waals surface area contributed by atoms with Crippen LogP contribution in [0.4, 0.5) is 0 Å². The van der Waals surface area contributed by atoms with Crippen LogP contribution in [0.25, 0.3) is 0 Å². The van der Waals surface area contributed by atoms with Crippen LogP contribution in [-0.2, 0) is 15.3 Å². The van der Waals surface area contributed by atoms with Gasteiger partial charge in [0.1, 0.15) is 5.75 Å². The van der Waals surface area contributed by atoms with Crippen LogP contribution in [-0.4, -0.2) is 31.3 Å². The Labute approximate surface area is 112 Å². The molecule has 5 nitrogen and oxygen atoms in total. The van der Waals surface area contributed by atoms with Gasteiger partial charge in [-0.2, -0.15) is 0 Å². The molecule has 0 saturated carbocycles. The predicted octanol–water partition coefficient (Wildman–Crippen LogP) is 1.98. The molecule has 0 saturated heterocycles. The Morgan fingerprint density at radius 3 is 2.11 bits per heavy atom. The van der Waals surface area contributed by atoms with Gasteiger partial charge in [-0.25, -0.2) is 9.97 Å². The van der Waals surface area contributed by atoms with Crippen LogP contribution >= 0.6 is 0 Å². The number of ether oxygens (including phenoxy) is 3. The van der Waals surface area contributed by atoms with Gasteiger partial charge in [-0.05, 0) is 18.2 Å². The molecule has 5 heteroatoms. The Bertz CT molecular complexity index is 527. The number of para-hydroxylation sites is 1. The minimum absolute atomic E-state index is 0.421. The first kappa shape index (κ1) is 13.5. The fourth-order valence-electron chi connectivity index (χ4n) is 1.99. The van der Waals surface area contributed by atoms with Crippen LogP contribution in [0, 0.1) is 0 Å². The highest BCUT2D eigenvalue weighted by molar-refractivity contribution is 5.40. The zero-order valence-electron chi connectivity index (χ0n) is 11.2. The fourth-order valence-corrected chi connectivity index (χ4v) is 1.99. The summed E-state index contributed by atoms with van der Waals surface area (Å²) in [6.07, 6.45) is 3.29. The third-order valence-corrected chi connectivity index (χ3v) is 2.90. The summed E-state index contributed by atoms with van der Waals surface area (Å²) in [5.74, 6) is -0.114. The van der Waals surface area contributed by atoms with E-state index in [4.69, 9.17) is 14.2 Å². The molecule has 1 aromatic carbocycles. The zero-order chi connectivity index (χ0) is 13.7. The summed E-state index contributed by atoms with van der Waals surface area (Å²) in [4.78, 5) is 8.46. The largest absolute Gasteiger partial charge is 0.496 e. The van der Waals surface area contributed by atoms with Crippen molar-refractivity contribution in [2.75, 3.05) is 21.3 Å². The van der Waals surface area contributed by atoms with Crippen molar-refractivity contribution in [1.82, 2.24) is 9.97 Å². The maximum Gasteiger partial charge on any atom is 0.261 e. The monoisotopic (exact) mass is 260 g/mol. The molecule has 0 radical (unpaired) electrons. The molecule has 100 valence electrons. The van der Waals surface area contributed by atoms with Crippen molar-refractivity contribution >= 4 is 0 Å². The summed E-state index contributed by atoms with van der Waals surface area (Å²) in [5, 5.41) is 0. The highest BCUT2D eigenvalue weighted by Crippen LogP contribution is 2.37. The van der Waals surface area contributed by atoms with Crippen molar-refractivity contribution < 1.29 is 14.2 Å². The van der Waals surface area contributed by atoms with Gasteiger partial charge in [0.05, 0.1) is 12.7 Å². The SMILES string of the molecule is COc1ccccc1C(OC)(OC)c1ncccn1. The fraction of sp³-hybridized carbons (Fsp3) is 0.286. The second-order valence-corrected chi connectivity index (χ2v) is 3.80. The van der Waals surface area contributed by atoms with E-state index >= 15 is 0 Å². The summed E-state index contributed by atoms with van der Waals surface area (Å²) in [6.45, 7) is 0. The van der Waals surface area contributed by atoms with Crippen molar-refractivity contribution in [2.24, 2.45) is 0 Å². The number of rotatable bonds is 5. The molecule has 0 fully saturated rings. The lowest BCUT2D eigenvalue weighted by atomic mass is 10.0. The van der Waals surface area contributed by atoms with Crippen LogP contribution in [0.2, 0.25) is 0 Å². The van der Waals surface area contributed by atoms with Gasteiger partial charge in [-0.1, -0.05) is 12.1 Å². The second-order valence-electron chi connectivity index (χ2n) is 3.80. The summed E-state index contributed by atoms with van der Waals surface area (Å²) in [7, 11) is 4.69. The Hall–Kier alpha value is -1.98. The minimum Gasteiger partial charge on any atom is -0.496 e.